The number of fused-ring (bicyclic) bond motifs is 1. The molecular formula is C28H25N3O3S. The lowest BCUT2D eigenvalue weighted by Crippen LogP contribution is -2.29. The molecular weight excluding hydrogens is 458 g/mol. The van der Waals surface area contributed by atoms with Crippen LogP contribution in [0, 0.1) is 13.8 Å². The minimum absolute atomic E-state index is 0.0260. The molecule has 1 aliphatic rings. The van der Waals surface area contributed by atoms with Gasteiger partial charge < -0.3 is 15.3 Å². The van der Waals surface area contributed by atoms with Crippen molar-refractivity contribution in [2.75, 3.05) is 16.8 Å². The minimum Gasteiger partial charge on any atom is -0.508 e. The van der Waals surface area contributed by atoms with Crippen LogP contribution in [0.5, 0.6) is 5.75 Å². The Morgan fingerprint density at radius 1 is 1.06 bits per heavy atom. The second-order valence-corrected chi connectivity index (χ2v) is 9.88. The summed E-state index contributed by atoms with van der Waals surface area (Å²) in [6.45, 7) is 4.60. The quantitative estimate of drug-likeness (QED) is 0.392. The average molecular weight is 484 g/mol. The summed E-state index contributed by atoms with van der Waals surface area (Å²) < 4.78 is 0. The number of anilines is 2. The number of hydrogen-bond acceptors (Lipinski definition) is 5. The monoisotopic (exact) mass is 483 g/mol. The van der Waals surface area contributed by atoms with E-state index >= 15 is 0 Å². The first kappa shape index (κ1) is 22.8. The van der Waals surface area contributed by atoms with Gasteiger partial charge >= 0.3 is 0 Å². The van der Waals surface area contributed by atoms with E-state index in [1.165, 1.54) is 11.3 Å². The number of rotatable bonds is 5. The van der Waals surface area contributed by atoms with E-state index in [-0.39, 0.29) is 24.0 Å². The van der Waals surface area contributed by atoms with Crippen LogP contribution in [0.4, 0.5) is 10.8 Å². The molecule has 6 nitrogen and oxygen atoms in total. The zero-order valence-corrected chi connectivity index (χ0v) is 20.4. The molecule has 0 bridgehead atoms. The second-order valence-electron chi connectivity index (χ2n) is 8.68. The molecule has 0 spiro atoms. The van der Waals surface area contributed by atoms with Gasteiger partial charge in [0.1, 0.15) is 5.75 Å². The molecule has 0 unspecified atom stereocenters. The number of phenols is 1. The molecule has 0 fully saturated rings. The minimum atomic E-state index is -0.157. The third-order valence-electron chi connectivity index (χ3n) is 6.21. The number of benzene rings is 3. The number of amides is 2. The van der Waals surface area contributed by atoms with Crippen LogP contribution in [-0.4, -0.2) is 28.4 Å². The van der Waals surface area contributed by atoms with Crippen molar-refractivity contribution in [1.82, 2.24) is 4.98 Å². The van der Waals surface area contributed by atoms with Gasteiger partial charge in [0.2, 0.25) is 5.91 Å². The Labute approximate surface area is 207 Å². The topological polar surface area (TPSA) is 82.5 Å². The van der Waals surface area contributed by atoms with Gasteiger partial charge in [-0.15, -0.1) is 11.3 Å². The fourth-order valence-corrected chi connectivity index (χ4v) is 5.25. The van der Waals surface area contributed by atoms with Crippen LogP contribution < -0.4 is 10.2 Å². The van der Waals surface area contributed by atoms with Crippen LogP contribution in [0.15, 0.2) is 66.7 Å². The molecule has 1 aliphatic heterocycles. The number of nitrogens with zero attached hydrogens (tertiary/aromatic N) is 2. The van der Waals surface area contributed by atoms with Gasteiger partial charge in [0.25, 0.3) is 5.91 Å². The van der Waals surface area contributed by atoms with Crippen molar-refractivity contribution in [2.24, 2.45) is 0 Å². The van der Waals surface area contributed by atoms with E-state index < -0.39 is 0 Å². The summed E-state index contributed by atoms with van der Waals surface area (Å²) in [5.74, 6) is 0.0414. The number of hydrogen-bond donors (Lipinski definition) is 2. The van der Waals surface area contributed by atoms with Gasteiger partial charge in [-0.3, -0.25) is 9.59 Å². The molecule has 4 aromatic rings. The maximum absolute atomic E-state index is 13.2. The third-order valence-corrected chi connectivity index (χ3v) is 7.10. The van der Waals surface area contributed by atoms with Crippen LogP contribution in [0.25, 0.3) is 11.3 Å². The average Bonchev–Trinajstić information content (AvgIpc) is 3.43. The zero-order valence-electron chi connectivity index (χ0n) is 19.5. The van der Waals surface area contributed by atoms with E-state index in [0.29, 0.717) is 11.7 Å². The SMILES string of the molecule is Cc1ccccc1C(=O)N1CCc2cc(-c3nc(NC(=O)Cc4ccc(O)cc4)sc3C)ccc21. The van der Waals surface area contributed by atoms with Gasteiger partial charge in [-0.05, 0) is 67.3 Å². The number of aromatic nitrogens is 1. The molecule has 0 aliphatic carbocycles. The zero-order chi connectivity index (χ0) is 24.5. The summed E-state index contributed by atoms with van der Waals surface area (Å²) in [4.78, 5) is 33.2. The molecule has 1 aromatic heterocycles. The van der Waals surface area contributed by atoms with Gasteiger partial charge in [-0.1, -0.05) is 36.4 Å². The molecule has 7 heteroatoms. The van der Waals surface area contributed by atoms with E-state index in [1.54, 1.807) is 24.3 Å². The van der Waals surface area contributed by atoms with Crippen LogP contribution in [-0.2, 0) is 17.6 Å². The van der Waals surface area contributed by atoms with Crippen molar-refractivity contribution in [3.63, 3.8) is 0 Å². The number of aryl methyl sites for hydroxylation is 2. The predicted molar refractivity (Wildman–Crippen MR) is 139 cm³/mol. The van der Waals surface area contributed by atoms with Gasteiger partial charge in [0, 0.05) is 28.2 Å². The number of carbonyl (C=O) groups excluding carboxylic acids is 2. The molecule has 2 amide bonds. The summed E-state index contributed by atoms with van der Waals surface area (Å²) in [7, 11) is 0. The first-order valence-corrected chi connectivity index (χ1v) is 12.3. The van der Waals surface area contributed by atoms with Gasteiger partial charge in [0.15, 0.2) is 5.13 Å². The van der Waals surface area contributed by atoms with Gasteiger partial charge in [-0.2, -0.15) is 0 Å². The first-order chi connectivity index (χ1) is 16.9. The molecule has 3 aromatic carbocycles. The fraction of sp³-hybridized carbons (Fsp3) is 0.179. The molecule has 0 saturated carbocycles. The summed E-state index contributed by atoms with van der Waals surface area (Å²) in [5.41, 5.74) is 6.39. The molecule has 0 saturated heterocycles. The standard InChI is InChI=1S/C28H25N3O3S/c1-17-5-3-4-6-23(17)27(34)31-14-13-20-16-21(9-12-24(20)31)26-18(2)35-28(30-26)29-25(33)15-19-7-10-22(32)11-8-19/h3-12,16,32H,13-15H2,1-2H3,(H,29,30,33). The summed E-state index contributed by atoms with van der Waals surface area (Å²) in [6, 6.07) is 20.3. The summed E-state index contributed by atoms with van der Waals surface area (Å²) >= 11 is 1.44. The van der Waals surface area contributed by atoms with E-state index in [4.69, 9.17) is 0 Å². The number of nitrogens with one attached hydrogen (secondary N) is 1. The number of carbonyl (C=O) groups is 2. The number of phenolic OH excluding ortho intramolecular Hbond substituents is 1. The summed E-state index contributed by atoms with van der Waals surface area (Å²) in [5, 5.41) is 12.8. The van der Waals surface area contributed by atoms with Crippen molar-refractivity contribution in [2.45, 2.75) is 26.7 Å². The highest BCUT2D eigenvalue weighted by Gasteiger charge is 2.27. The molecule has 35 heavy (non-hydrogen) atoms. The Hall–Kier alpha value is -3.97. The number of aromatic hydroxyl groups is 1. The Morgan fingerprint density at radius 2 is 1.83 bits per heavy atom. The highest BCUT2D eigenvalue weighted by atomic mass is 32.1. The maximum Gasteiger partial charge on any atom is 0.258 e. The Balaban J connectivity index is 1.33. The maximum atomic E-state index is 13.2. The number of thiazole rings is 1. The van der Waals surface area contributed by atoms with Gasteiger partial charge in [0.05, 0.1) is 12.1 Å². The highest BCUT2D eigenvalue weighted by Crippen LogP contribution is 2.36. The molecule has 2 heterocycles. The van der Waals surface area contributed by atoms with E-state index in [0.717, 1.165) is 50.5 Å². The van der Waals surface area contributed by atoms with Gasteiger partial charge in [-0.25, -0.2) is 4.98 Å². The molecule has 0 radical (unpaired) electrons. The fourth-order valence-electron chi connectivity index (χ4n) is 4.40. The Bertz CT molecular complexity index is 1430. The van der Waals surface area contributed by atoms with Crippen molar-refractivity contribution in [3.8, 4) is 17.0 Å². The van der Waals surface area contributed by atoms with E-state index in [2.05, 4.69) is 16.4 Å². The molecule has 2 N–H and O–H groups in total. The lowest BCUT2D eigenvalue weighted by atomic mass is 10.0. The smallest absolute Gasteiger partial charge is 0.258 e. The Kier molecular flexibility index (Phi) is 6.09. The van der Waals surface area contributed by atoms with Crippen molar-refractivity contribution in [1.29, 1.82) is 0 Å². The third kappa shape index (κ3) is 4.68. The first-order valence-electron chi connectivity index (χ1n) is 11.4. The molecule has 0 atom stereocenters. The Morgan fingerprint density at radius 3 is 2.60 bits per heavy atom. The predicted octanol–water partition coefficient (Wildman–Crippen LogP) is 5.52. The second kappa shape index (κ2) is 9.35. The van der Waals surface area contributed by atoms with Crippen LogP contribution >= 0.6 is 11.3 Å². The lowest BCUT2D eigenvalue weighted by molar-refractivity contribution is -0.115. The van der Waals surface area contributed by atoms with Crippen molar-refractivity contribution >= 4 is 34.0 Å². The normalized spacial score (nSPS) is 12.5. The van der Waals surface area contributed by atoms with E-state index in [1.807, 2.05) is 55.1 Å². The van der Waals surface area contributed by atoms with Crippen LogP contribution in [0.2, 0.25) is 0 Å². The summed E-state index contributed by atoms with van der Waals surface area (Å²) in [6.07, 6.45) is 0.998. The highest BCUT2D eigenvalue weighted by molar-refractivity contribution is 7.16. The largest absolute Gasteiger partial charge is 0.508 e. The molecule has 5 rings (SSSR count). The van der Waals surface area contributed by atoms with Crippen molar-refractivity contribution < 1.29 is 14.7 Å². The lowest BCUT2D eigenvalue weighted by Gasteiger charge is -2.18. The molecule has 176 valence electrons. The van der Waals surface area contributed by atoms with Crippen LogP contribution in [0.3, 0.4) is 0 Å². The van der Waals surface area contributed by atoms with E-state index in [9.17, 15) is 14.7 Å². The van der Waals surface area contributed by atoms with Crippen molar-refractivity contribution in [3.05, 3.63) is 93.9 Å². The van der Waals surface area contributed by atoms with Crippen LogP contribution in [0.1, 0.15) is 31.9 Å².